The number of nitrogens with one attached hydrogen (secondary N) is 1. The lowest BCUT2D eigenvalue weighted by Crippen LogP contribution is -2.24. The molecule has 2 rings (SSSR count). The van der Waals surface area contributed by atoms with E-state index in [2.05, 4.69) is 17.5 Å². The summed E-state index contributed by atoms with van der Waals surface area (Å²) in [5.41, 5.74) is 5.03. The van der Waals surface area contributed by atoms with Crippen LogP contribution in [-0.2, 0) is 4.79 Å². The van der Waals surface area contributed by atoms with Crippen LogP contribution in [0.2, 0.25) is 5.02 Å². The van der Waals surface area contributed by atoms with E-state index in [0.29, 0.717) is 28.9 Å². The molecule has 0 radical (unpaired) electrons. The summed E-state index contributed by atoms with van der Waals surface area (Å²) in [6.07, 6.45) is 4.82. The van der Waals surface area contributed by atoms with Gasteiger partial charge < -0.3 is 14.2 Å². The van der Waals surface area contributed by atoms with Gasteiger partial charge in [0.2, 0.25) is 0 Å². The quantitative estimate of drug-likeness (QED) is 0.306. The Bertz CT molecular complexity index is 860. The van der Waals surface area contributed by atoms with E-state index in [9.17, 15) is 4.79 Å². The molecule has 0 bridgehead atoms. The lowest BCUT2D eigenvalue weighted by molar-refractivity contribution is -0.123. The normalized spacial score (nSPS) is 10.8. The van der Waals surface area contributed by atoms with Crippen molar-refractivity contribution in [1.82, 2.24) is 5.43 Å². The zero-order valence-corrected chi connectivity index (χ0v) is 18.7. The van der Waals surface area contributed by atoms with Crippen LogP contribution < -0.4 is 19.6 Å². The van der Waals surface area contributed by atoms with Crippen LogP contribution in [-0.4, -0.2) is 32.4 Å². The number of amides is 1. The molecule has 0 fully saturated rings. The SMILES string of the molecule is CCCCCOc1ccc(/C=N/NC(=O)COc2cc(C)c(Cl)c(C)c2)cc1OC. The number of unbranched alkanes of at least 4 members (excludes halogenated alkanes) is 2. The number of aryl methyl sites for hydroxylation is 2. The minimum absolute atomic E-state index is 0.147. The van der Waals surface area contributed by atoms with Gasteiger partial charge in [-0.3, -0.25) is 4.79 Å². The molecule has 0 atom stereocenters. The van der Waals surface area contributed by atoms with Crippen molar-refractivity contribution in [1.29, 1.82) is 0 Å². The number of hydrogen-bond donors (Lipinski definition) is 1. The number of carbonyl (C=O) groups is 1. The predicted molar refractivity (Wildman–Crippen MR) is 120 cm³/mol. The van der Waals surface area contributed by atoms with Gasteiger partial charge in [0.15, 0.2) is 18.1 Å². The van der Waals surface area contributed by atoms with Crippen LogP contribution >= 0.6 is 11.6 Å². The molecule has 0 saturated heterocycles. The van der Waals surface area contributed by atoms with Gasteiger partial charge in [-0.15, -0.1) is 0 Å². The number of benzene rings is 2. The standard InChI is InChI=1S/C23H29ClN2O4/c1-5-6-7-10-29-20-9-8-18(13-21(20)28-4)14-25-26-22(27)15-30-19-11-16(2)23(24)17(3)12-19/h8-9,11-14H,5-7,10,15H2,1-4H3,(H,26,27)/b25-14+. The Morgan fingerprint density at radius 3 is 2.50 bits per heavy atom. The van der Waals surface area contributed by atoms with Crippen molar-refractivity contribution >= 4 is 23.7 Å². The second-order valence-corrected chi connectivity index (χ2v) is 7.30. The average Bonchev–Trinajstić information content (AvgIpc) is 2.74. The molecule has 162 valence electrons. The summed E-state index contributed by atoms with van der Waals surface area (Å²) < 4.78 is 16.7. The number of hydrazone groups is 1. The molecule has 0 saturated carbocycles. The van der Waals surface area contributed by atoms with Crippen molar-refractivity contribution in [2.45, 2.75) is 40.0 Å². The smallest absolute Gasteiger partial charge is 0.277 e. The molecule has 6 nitrogen and oxygen atoms in total. The van der Waals surface area contributed by atoms with Crippen molar-refractivity contribution in [3.05, 3.63) is 52.0 Å². The molecule has 7 heteroatoms. The van der Waals surface area contributed by atoms with Gasteiger partial charge in [0.1, 0.15) is 5.75 Å². The summed E-state index contributed by atoms with van der Waals surface area (Å²) in [5, 5.41) is 4.67. The second kappa shape index (κ2) is 12.1. The second-order valence-electron chi connectivity index (χ2n) is 6.92. The molecule has 2 aromatic carbocycles. The van der Waals surface area contributed by atoms with Crippen LogP contribution in [0.3, 0.4) is 0 Å². The van der Waals surface area contributed by atoms with Gasteiger partial charge >= 0.3 is 0 Å². The highest BCUT2D eigenvalue weighted by Crippen LogP contribution is 2.28. The third-order valence-corrected chi connectivity index (χ3v) is 4.97. The number of rotatable bonds is 11. The van der Waals surface area contributed by atoms with Gasteiger partial charge in [-0.25, -0.2) is 5.43 Å². The fourth-order valence-electron chi connectivity index (χ4n) is 2.77. The lowest BCUT2D eigenvalue weighted by Gasteiger charge is -2.11. The molecule has 1 amide bonds. The first-order valence-corrected chi connectivity index (χ1v) is 10.3. The van der Waals surface area contributed by atoms with Crippen LogP contribution in [0.5, 0.6) is 17.2 Å². The number of halogens is 1. The molecular weight excluding hydrogens is 404 g/mol. The highest BCUT2D eigenvalue weighted by atomic mass is 35.5. The summed E-state index contributed by atoms with van der Waals surface area (Å²) in [4.78, 5) is 12.0. The number of ether oxygens (including phenoxy) is 3. The molecule has 0 aromatic heterocycles. The Hall–Kier alpha value is -2.73. The molecule has 1 N–H and O–H groups in total. The molecular formula is C23H29ClN2O4. The van der Waals surface area contributed by atoms with E-state index in [4.69, 9.17) is 25.8 Å². The minimum atomic E-state index is -0.362. The lowest BCUT2D eigenvalue weighted by atomic mass is 10.1. The maximum absolute atomic E-state index is 12.0. The summed E-state index contributed by atoms with van der Waals surface area (Å²) in [7, 11) is 1.59. The van der Waals surface area contributed by atoms with Gasteiger partial charge in [-0.1, -0.05) is 31.4 Å². The fourth-order valence-corrected chi connectivity index (χ4v) is 2.88. The summed E-state index contributed by atoms with van der Waals surface area (Å²) in [6.45, 7) is 6.44. The van der Waals surface area contributed by atoms with E-state index >= 15 is 0 Å². The monoisotopic (exact) mass is 432 g/mol. The molecule has 0 spiro atoms. The number of carbonyl (C=O) groups excluding carboxylic acids is 1. The highest BCUT2D eigenvalue weighted by molar-refractivity contribution is 6.32. The zero-order chi connectivity index (χ0) is 21.9. The van der Waals surface area contributed by atoms with E-state index in [1.54, 1.807) is 25.3 Å². The van der Waals surface area contributed by atoms with Crippen molar-refractivity contribution < 1.29 is 19.0 Å². The Morgan fingerprint density at radius 2 is 1.83 bits per heavy atom. The van der Waals surface area contributed by atoms with Crippen LogP contribution in [0.15, 0.2) is 35.4 Å². The van der Waals surface area contributed by atoms with E-state index in [0.717, 1.165) is 36.0 Å². The van der Waals surface area contributed by atoms with Gasteiger partial charge in [0, 0.05) is 5.02 Å². The van der Waals surface area contributed by atoms with Gasteiger partial charge in [-0.05, 0) is 67.3 Å². The Balaban J connectivity index is 1.86. The van der Waals surface area contributed by atoms with E-state index in [1.165, 1.54) is 6.21 Å². The summed E-state index contributed by atoms with van der Waals surface area (Å²) >= 11 is 6.14. The topological polar surface area (TPSA) is 69.2 Å². The first-order chi connectivity index (χ1) is 14.4. The van der Waals surface area contributed by atoms with Crippen molar-refractivity contribution in [3.63, 3.8) is 0 Å². The van der Waals surface area contributed by atoms with Crippen molar-refractivity contribution in [2.75, 3.05) is 20.3 Å². The molecule has 0 aliphatic heterocycles. The molecule has 0 heterocycles. The molecule has 30 heavy (non-hydrogen) atoms. The minimum Gasteiger partial charge on any atom is -0.493 e. The number of hydrogen-bond acceptors (Lipinski definition) is 5. The summed E-state index contributed by atoms with van der Waals surface area (Å²) in [6, 6.07) is 9.08. The Labute approximate surface area is 183 Å². The maximum Gasteiger partial charge on any atom is 0.277 e. The van der Waals surface area contributed by atoms with Crippen LogP contribution in [0.1, 0.15) is 42.9 Å². The molecule has 0 aliphatic carbocycles. The number of nitrogens with zero attached hydrogens (tertiary/aromatic N) is 1. The molecule has 2 aromatic rings. The first kappa shape index (κ1) is 23.5. The van der Waals surface area contributed by atoms with E-state index < -0.39 is 0 Å². The van der Waals surface area contributed by atoms with Crippen LogP contribution in [0, 0.1) is 13.8 Å². The predicted octanol–water partition coefficient (Wildman–Crippen LogP) is 5.06. The first-order valence-electron chi connectivity index (χ1n) is 9.96. The average molecular weight is 433 g/mol. The van der Waals surface area contributed by atoms with Gasteiger partial charge in [-0.2, -0.15) is 5.10 Å². The Kier molecular flexibility index (Phi) is 9.48. The maximum atomic E-state index is 12.0. The van der Waals surface area contributed by atoms with Crippen LogP contribution in [0.4, 0.5) is 0 Å². The van der Waals surface area contributed by atoms with E-state index in [1.807, 2.05) is 26.0 Å². The fraction of sp³-hybridized carbons (Fsp3) is 0.391. The van der Waals surface area contributed by atoms with Gasteiger partial charge in [0.25, 0.3) is 5.91 Å². The van der Waals surface area contributed by atoms with Crippen molar-refractivity contribution in [3.8, 4) is 17.2 Å². The molecule has 0 aliphatic rings. The Morgan fingerprint density at radius 1 is 1.10 bits per heavy atom. The van der Waals surface area contributed by atoms with Crippen molar-refractivity contribution in [2.24, 2.45) is 5.10 Å². The van der Waals surface area contributed by atoms with Gasteiger partial charge in [0.05, 0.1) is 19.9 Å². The third kappa shape index (κ3) is 7.26. The zero-order valence-electron chi connectivity index (χ0n) is 18.0. The largest absolute Gasteiger partial charge is 0.493 e. The number of methoxy groups -OCH3 is 1. The third-order valence-electron chi connectivity index (χ3n) is 4.38. The van der Waals surface area contributed by atoms with Crippen LogP contribution in [0.25, 0.3) is 0 Å². The van der Waals surface area contributed by atoms with E-state index in [-0.39, 0.29) is 12.5 Å². The highest BCUT2D eigenvalue weighted by Gasteiger charge is 2.07. The summed E-state index contributed by atoms with van der Waals surface area (Å²) in [5.74, 6) is 1.54. The molecule has 0 unspecified atom stereocenters.